The average Bonchev–Trinajstić information content (AvgIpc) is 3.62. The molecule has 0 atom stereocenters. The topological polar surface area (TPSA) is 69.4 Å². The molecule has 0 amide bonds. The number of nitrogens with one attached hydrogen (secondary N) is 3. The van der Waals surface area contributed by atoms with E-state index in [1.807, 2.05) is 33.8 Å². The molecule has 0 aromatic carbocycles. The minimum Gasteiger partial charge on any atom is -0.340 e. The molecule has 0 unspecified atom stereocenters. The first-order valence-electron chi connectivity index (χ1n) is 12.7. The van der Waals surface area contributed by atoms with Gasteiger partial charge in [0.15, 0.2) is 5.82 Å². The van der Waals surface area contributed by atoms with E-state index >= 15 is 0 Å². The van der Waals surface area contributed by atoms with Crippen molar-refractivity contribution in [3.63, 3.8) is 0 Å². The summed E-state index contributed by atoms with van der Waals surface area (Å²) in [7, 11) is 0. The maximum atomic E-state index is 4.93. The Morgan fingerprint density at radius 1 is 1.11 bits per heavy atom. The van der Waals surface area contributed by atoms with E-state index in [-0.39, 0.29) is 0 Å². The highest BCUT2D eigenvalue weighted by molar-refractivity contribution is 7.14. The molecule has 4 rings (SSSR count). The van der Waals surface area contributed by atoms with Gasteiger partial charge in [0, 0.05) is 26.2 Å². The van der Waals surface area contributed by atoms with Gasteiger partial charge in [-0.05, 0) is 76.4 Å². The second kappa shape index (κ2) is 12.7. The van der Waals surface area contributed by atoms with Crippen LogP contribution in [0.4, 0.5) is 0 Å². The van der Waals surface area contributed by atoms with Crippen molar-refractivity contribution in [2.24, 2.45) is 5.92 Å². The Morgan fingerprint density at radius 2 is 1.81 bits per heavy atom. The van der Waals surface area contributed by atoms with E-state index in [9.17, 15) is 0 Å². The van der Waals surface area contributed by atoms with Crippen LogP contribution in [-0.2, 0) is 0 Å². The minimum atomic E-state index is 0.640. The third-order valence-electron chi connectivity index (χ3n) is 6.34. The zero-order chi connectivity index (χ0) is 26.2. The number of piperidine rings is 1. The Balaban J connectivity index is 0.00000176. The van der Waals surface area contributed by atoms with Crippen molar-refractivity contribution in [2.45, 2.75) is 47.5 Å². The smallest absolute Gasteiger partial charge is 0.159 e. The number of thiophene rings is 1. The second-order valence-corrected chi connectivity index (χ2v) is 9.97. The molecule has 4 heterocycles. The number of imidazole rings is 1. The number of nitrogens with zero attached hydrogens (tertiary/aromatic N) is 2. The van der Waals surface area contributed by atoms with Crippen LogP contribution in [-0.4, -0.2) is 33.3 Å². The lowest BCUT2D eigenvalue weighted by Gasteiger charge is -2.23. The molecule has 0 spiro atoms. The Labute approximate surface area is 219 Å². The molecule has 190 valence electrons. The summed E-state index contributed by atoms with van der Waals surface area (Å²) in [6, 6.07) is 4.22. The van der Waals surface area contributed by atoms with Crippen LogP contribution in [0.15, 0.2) is 49.1 Å². The molecule has 6 heteroatoms. The average molecular weight is 502 g/mol. The lowest BCUT2D eigenvalue weighted by atomic mass is 9.91. The molecular formula is C30H39N5S. The van der Waals surface area contributed by atoms with Gasteiger partial charge in [-0.25, -0.2) is 4.98 Å². The first-order valence-corrected chi connectivity index (χ1v) is 13.5. The summed E-state index contributed by atoms with van der Waals surface area (Å²) in [4.78, 5) is 10.6. The minimum absolute atomic E-state index is 0.640. The van der Waals surface area contributed by atoms with Crippen LogP contribution in [0.5, 0.6) is 0 Å². The fraction of sp³-hybridized carbons (Fsp3) is 0.333. The van der Waals surface area contributed by atoms with Gasteiger partial charge in [-0.15, -0.1) is 11.3 Å². The van der Waals surface area contributed by atoms with E-state index in [4.69, 9.17) is 4.98 Å². The molecule has 1 saturated heterocycles. The summed E-state index contributed by atoms with van der Waals surface area (Å²) in [5.74, 6) is 1.35. The summed E-state index contributed by atoms with van der Waals surface area (Å²) in [6.07, 6.45) is 10.5. The standard InChI is InChI=1S/C28H33N5S.C2H6/c1-7-8-22(25-12-11-24(34-25)17(2)3)27-20(6)30-28(31-27)26-19(5)23(32-33-26)10-9-18(4)21-13-15-29-16-14-21;1-2/h7-12,21,29,32H,1-2,5,13-16H2,3-4,6H3,(H,30,31);1-2H3/b18-9+,22-8-,23-10+;. The van der Waals surface area contributed by atoms with Crippen molar-refractivity contribution in [1.82, 2.24) is 25.5 Å². The van der Waals surface area contributed by atoms with Crippen molar-refractivity contribution < 1.29 is 0 Å². The maximum Gasteiger partial charge on any atom is 0.159 e. The van der Waals surface area contributed by atoms with Crippen LogP contribution in [0, 0.1) is 12.8 Å². The number of hydrogen-bond acceptors (Lipinski definition) is 4. The Kier molecular flexibility index (Phi) is 9.62. The summed E-state index contributed by atoms with van der Waals surface area (Å²) >= 11 is 1.71. The van der Waals surface area contributed by atoms with Gasteiger partial charge in [-0.2, -0.15) is 5.10 Å². The van der Waals surface area contributed by atoms with Gasteiger partial charge in [-0.3, -0.25) is 5.10 Å². The van der Waals surface area contributed by atoms with Crippen molar-refractivity contribution in [2.75, 3.05) is 13.1 Å². The number of H-pyrrole nitrogens is 2. The summed E-state index contributed by atoms with van der Waals surface area (Å²) in [5, 5.41) is 12.8. The third kappa shape index (κ3) is 6.12. The number of aryl methyl sites for hydroxylation is 1. The van der Waals surface area contributed by atoms with Gasteiger partial charge >= 0.3 is 0 Å². The largest absolute Gasteiger partial charge is 0.340 e. The number of rotatable bonds is 7. The van der Waals surface area contributed by atoms with Crippen LogP contribution in [0.2, 0.25) is 0 Å². The van der Waals surface area contributed by atoms with Crippen molar-refractivity contribution in [3.8, 4) is 11.5 Å². The molecule has 3 aromatic heterocycles. The van der Waals surface area contributed by atoms with Gasteiger partial charge in [0.2, 0.25) is 0 Å². The quantitative estimate of drug-likeness (QED) is 0.349. The molecule has 3 aromatic rings. The second-order valence-electron chi connectivity index (χ2n) is 8.89. The molecule has 0 radical (unpaired) electrons. The van der Waals surface area contributed by atoms with E-state index in [2.05, 4.69) is 71.4 Å². The molecule has 0 bridgehead atoms. The lowest BCUT2D eigenvalue weighted by molar-refractivity contribution is 0.420. The van der Waals surface area contributed by atoms with Crippen LogP contribution < -0.4 is 15.9 Å². The van der Waals surface area contributed by atoms with E-state index in [1.54, 1.807) is 17.4 Å². The van der Waals surface area contributed by atoms with Crippen LogP contribution in [0.3, 0.4) is 0 Å². The van der Waals surface area contributed by atoms with Gasteiger partial charge in [0.05, 0.1) is 11.0 Å². The normalized spacial score (nSPS) is 15.5. The molecule has 36 heavy (non-hydrogen) atoms. The molecule has 0 aliphatic carbocycles. The van der Waals surface area contributed by atoms with Gasteiger partial charge in [-0.1, -0.05) is 57.4 Å². The molecule has 1 fully saturated rings. The SMILES string of the molecule is C=C/C=C(/c1ccc(C(=C)C)s1)c1nc(-c2n[nH]/c(=C/C=C(\C)C3CCNCC3)c2=C)[nH]c1C.CC. The number of aromatic nitrogens is 4. The number of allylic oxidation sites excluding steroid dienone is 5. The fourth-order valence-corrected chi connectivity index (χ4v) is 5.24. The molecule has 1 aliphatic rings. The first-order chi connectivity index (χ1) is 17.4. The van der Waals surface area contributed by atoms with E-state index in [1.165, 1.54) is 23.3 Å². The summed E-state index contributed by atoms with van der Waals surface area (Å²) in [5.41, 5.74) is 6.08. The fourth-order valence-electron chi connectivity index (χ4n) is 4.28. The van der Waals surface area contributed by atoms with Gasteiger partial charge in [0.25, 0.3) is 0 Å². The first kappa shape index (κ1) is 27.4. The molecule has 5 nitrogen and oxygen atoms in total. The predicted octanol–water partition coefficient (Wildman–Crippen LogP) is 5.98. The van der Waals surface area contributed by atoms with Gasteiger partial charge in [0.1, 0.15) is 5.69 Å². The molecule has 0 saturated carbocycles. The van der Waals surface area contributed by atoms with Crippen molar-refractivity contribution in [1.29, 1.82) is 0 Å². The van der Waals surface area contributed by atoms with Crippen LogP contribution in [0.25, 0.3) is 35.3 Å². The molecular weight excluding hydrogens is 462 g/mol. The maximum absolute atomic E-state index is 4.93. The summed E-state index contributed by atoms with van der Waals surface area (Å²) in [6.45, 7) is 24.7. The highest BCUT2D eigenvalue weighted by Crippen LogP contribution is 2.33. The van der Waals surface area contributed by atoms with Gasteiger partial charge < -0.3 is 10.3 Å². The van der Waals surface area contributed by atoms with E-state index < -0.39 is 0 Å². The Bertz CT molecular complexity index is 1370. The highest BCUT2D eigenvalue weighted by Gasteiger charge is 2.18. The lowest BCUT2D eigenvalue weighted by Crippen LogP contribution is -2.28. The number of aromatic amines is 2. The van der Waals surface area contributed by atoms with Crippen LogP contribution in [0.1, 0.15) is 61.7 Å². The van der Waals surface area contributed by atoms with Crippen LogP contribution >= 0.6 is 11.3 Å². The molecule has 3 N–H and O–H groups in total. The van der Waals surface area contributed by atoms with E-state index in [0.717, 1.165) is 56.8 Å². The van der Waals surface area contributed by atoms with E-state index in [0.29, 0.717) is 11.7 Å². The highest BCUT2D eigenvalue weighted by atomic mass is 32.1. The number of hydrogen-bond donors (Lipinski definition) is 3. The third-order valence-corrected chi connectivity index (χ3v) is 7.62. The zero-order valence-corrected chi connectivity index (χ0v) is 23.1. The predicted molar refractivity (Wildman–Crippen MR) is 157 cm³/mol. The van der Waals surface area contributed by atoms with Crippen molar-refractivity contribution >= 4 is 35.1 Å². The zero-order valence-electron chi connectivity index (χ0n) is 22.3. The monoisotopic (exact) mass is 501 g/mol. The van der Waals surface area contributed by atoms with Crippen molar-refractivity contribution in [3.05, 3.63) is 80.8 Å². The summed E-state index contributed by atoms with van der Waals surface area (Å²) < 4.78 is 0. The molecule has 1 aliphatic heterocycles. The Hall–Kier alpha value is -3.22. The Morgan fingerprint density at radius 3 is 2.44 bits per heavy atom.